The summed E-state index contributed by atoms with van der Waals surface area (Å²) >= 11 is 3.68. The molecule has 4 N–H and O–H groups in total. The molecular weight excluding hydrogens is 520 g/mol. The average Bonchev–Trinajstić information content (AvgIpc) is 3.51. The number of aliphatic hydroxyl groups is 1. The van der Waals surface area contributed by atoms with E-state index in [-0.39, 0.29) is 12.5 Å². The normalized spacial score (nSPS) is 18.6. The second kappa shape index (κ2) is 10.2. The first kappa shape index (κ1) is 24.7. The van der Waals surface area contributed by atoms with Gasteiger partial charge in [0, 0.05) is 46.5 Å². The molecule has 3 atom stereocenters. The number of halogens is 1. The minimum absolute atomic E-state index is 0.100. The Morgan fingerprint density at radius 1 is 1.22 bits per heavy atom. The predicted molar refractivity (Wildman–Crippen MR) is 145 cm³/mol. The molecule has 1 saturated heterocycles. The number of fused-ring (bicyclic) bond motifs is 1. The molecule has 1 aromatic carbocycles. The van der Waals surface area contributed by atoms with Gasteiger partial charge in [-0.1, -0.05) is 13.0 Å². The maximum atomic E-state index is 9.65. The highest BCUT2D eigenvalue weighted by molar-refractivity contribution is 9.10. The Kier molecular flexibility index (Phi) is 6.96. The molecule has 0 radical (unpaired) electrons. The van der Waals surface area contributed by atoms with Crippen molar-refractivity contribution in [2.75, 3.05) is 12.8 Å². The number of methoxy groups -OCH3 is 1. The molecule has 4 aromatic rings. The SMILES string of the molecule is COc1ccc(-c2ccc(-c3cnn4c(N)c(Br)c(C(C)CC5CCC(C)N5)nc34)cn2)cc1CO. The van der Waals surface area contributed by atoms with Crippen molar-refractivity contribution in [2.24, 2.45) is 0 Å². The van der Waals surface area contributed by atoms with Gasteiger partial charge < -0.3 is 20.9 Å². The molecule has 1 fully saturated rings. The molecule has 188 valence electrons. The van der Waals surface area contributed by atoms with Crippen LogP contribution in [0.15, 0.2) is 47.2 Å². The Morgan fingerprint density at radius 2 is 2.03 bits per heavy atom. The Bertz CT molecular complexity index is 1390. The smallest absolute Gasteiger partial charge is 0.165 e. The van der Waals surface area contributed by atoms with Gasteiger partial charge in [0.25, 0.3) is 0 Å². The van der Waals surface area contributed by atoms with E-state index < -0.39 is 0 Å². The molecular formula is C27H31BrN6O2. The lowest BCUT2D eigenvalue weighted by Crippen LogP contribution is -2.28. The summed E-state index contributed by atoms with van der Waals surface area (Å²) in [6.07, 6.45) is 7.00. The third-order valence-corrected chi connectivity index (χ3v) is 7.85. The van der Waals surface area contributed by atoms with Crippen LogP contribution in [0.3, 0.4) is 0 Å². The van der Waals surface area contributed by atoms with Gasteiger partial charge in [-0.3, -0.25) is 4.98 Å². The number of hydrogen-bond acceptors (Lipinski definition) is 7. The lowest BCUT2D eigenvalue weighted by atomic mass is 9.97. The Balaban J connectivity index is 1.47. The summed E-state index contributed by atoms with van der Waals surface area (Å²) in [5.74, 6) is 1.43. The highest BCUT2D eigenvalue weighted by Crippen LogP contribution is 2.35. The Hall–Kier alpha value is -3.01. The van der Waals surface area contributed by atoms with Crippen molar-refractivity contribution in [2.45, 2.75) is 57.7 Å². The quantitative estimate of drug-likeness (QED) is 0.299. The first-order chi connectivity index (χ1) is 17.4. The fourth-order valence-corrected chi connectivity index (χ4v) is 5.72. The summed E-state index contributed by atoms with van der Waals surface area (Å²) in [6, 6.07) is 10.7. The fraction of sp³-hybridized carbons (Fsp3) is 0.370. The number of hydrogen-bond donors (Lipinski definition) is 3. The minimum atomic E-state index is -0.100. The number of nitrogen functional groups attached to an aromatic ring is 1. The largest absolute Gasteiger partial charge is 0.496 e. The van der Waals surface area contributed by atoms with Gasteiger partial charge in [-0.25, -0.2) is 4.98 Å². The second-order valence-electron chi connectivity index (χ2n) is 9.59. The van der Waals surface area contributed by atoms with Crippen LogP contribution in [0.25, 0.3) is 28.0 Å². The molecule has 3 aromatic heterocycles. The molecule has 4 heterocycles. The highest BCUT2D eigenvalue weighted by atomic mass is 79.9. The van der Waals surface area contributed by atoms with Crippen LogP contribution >= 0.6 is 15.9 Å². The summed E-state index contributed by atoms with van der Waals surface area (Å²) in [5, 5.41) is 17.8. The van der Waals surface area contributed by atoms with Gasteiger partial charge in [-0.05, 0) is 66.4 Å². The van der Waals surface area contributed by atoms with Crippen LogP contribution in [0.5, 0.6) is 5.75 Å². The van der Waals surface area contributed by atoms with E-state index in [4.69, 9.17) is 15.5 Å². The summed E-state index contributed by atoms with van der Waals surface area (Å²) in [4.78, 5) is 9.71. The summed E-state index contributed by atoms with van der Waals surface area (Å²) in [5.41, 5.74) is 12.4. The summed E-state index contributed by atoms with van der Waals surface area (Å²) < 4.78 is 7.79. The van der Waals surface area contributed by atoms with Crippen LogP contribution in [0.2, 0.25) is 0 Å². The van der Waals surface area contributed by atoms with Gasteiger partial charge in [-0.15, -0.1) is 0 Å². The monoisotopic (exact) mass is 550 g/mol. The van der Waals surface area contributed by atoms with Crippen LogP contribution in [-0.4, -0.2) is 43.9 Å². The van der Waals surface area contributed by atoms with Crippen LogP contribution in [0, 0.1) is 0 Å². The zero-order valence-electron chi connectivity index (χ0n) is 20.7. The van der Waals surface area contributed by atoms with Crippen molar-refractivity contribution >= 4 is 27.4 Å². The molecule has 0 amide bonds. The van der Waals surface area contributed by atoms with E-state index in [1.807, 2.05) is 36.5 Å². The lowest BCUT2D eigenvalue weighted by molar-refractivity contribution is 0.274. The molecule has 9 heteroatoms. The number of benzene rings is 1. The van der Waals surface area contributed by atoms with E-state index in [0.717, 1.165) is 44.5 Å². The minimum Gasteiger partial charge on any atom is -0.496 e. The number of aliphatic hydroxyl groups excluding tert-OH is 1. The van der Waals surface area contributed by atoms with E-state index >= 15 is 0 Å². The second-order valence-corrected chi connectivity index (χ2v) is 10.4. The van der Waals surface area contributed by atoms with Crippen LogP contribution in [-0.2, 0) is 6.61 Å². The summed E-state index contributed by atoms with van der Waals surface area (Å²) in [6.45, 7) is 4.34. The number of nitrogens with one attached hydrogen (secondary N) is 1. The Labute approximate surface area is 219 Å². The number of pyridine rings is 1. The average molecular weight is 551 g/mol. The fourth-order valence-electron chi connectivity index (χ4n) is 5.07. The van der Waals surface area contributed by atoms with E-state index in [1.54, 1.807) is 17.8 Å². The van der Waals surface area contributed by atoms with E-state index in [1.165, 1.54) is 12.8 Å². The van der Waals surface area contributed by atoms with Crippen LogP contribution in [0.4, 0.5) is 5.82 Å². The molecule has 0 spiro atoms. The number of nitrogens with zero attached hydrogens (tertiary/aromatic N) is 4. The van der Waals surface area contributed by atoms with Gasteiger partial charge >= 0.3 is 0 Å². The van der Waals surface area contributed by atoms with Crippen molar-refractivity contribution in [3.05, 3.63) is 58.5 Å². The van der Waals surface area contributed by atoms with Gasteiger partial charge in [0.15, 0.2) is 5.65 Å². The first-order valence-electron chi connectivity index (χ1n) is 12.2. The molecule has 3 unspecified atom stereocenters. The van der Waals surface area contributed by atoms with Crippen molar-refractivity contribution in [3.8, 4) is 28.1 Å². The van der Waals surface area contributed by atoms with E-state index in [0.29, 0.717) is 29.3 Å². The maximum Gasteiger partial charge on any atom is 0.165 e. The topological polar surface area (TPSA) is 111 Å². The van der Waals surface area contributed by atoms with Crippen molar-refractivity contribution in [3.63, 3.8) is 0 Å². The first-order valence-corrected chi connectivity index (χ1v) is 13.0. The molecule has 0 bridgehead atoms. The van der Waals surface area contributed by atoms with Crippen LogP contribution < -0.4 is 15.8 Å². The van der Waals surface area contributed by atoms with Crippen molar-refractivity contribution in [1.29, 1.82) is 0 Å². The number of rotatable bonds is 7. The number of nitrogens with two attached hydrogens (primary N) is 1. The van der Waals surface area contributed by atoms with Crippen molar-refractivity contribution in [1.82, 2.24) is 24.9 Å². The van der Waals surface area contributed by atoms with Gasteiger partial charge in [0.1, 0.15) is 11.6 Å². The molecule has 1 aliphatic heterocycles. The standard InChI is InChI=1S/C27H31BrN6O2/c1-15(10-20-7-4-16(2)32-20)25-24(28)26(29)34-27(33-25)21(13-31-34)18-5-8-22(30-12-18)17-6-9-23(36-3)19(11-17)14-35/h5-6,8-9,11-13,15-16,20,32,35H,4,7,10,14,29H2,1-3H3. The van der Waals surface area contributed by atoms with Gasteiger partial charge in [0.05, 0.1) is 35.8 Å². The molecule has 36 heavy (non-hydrogen) atoms. The third kappa shape index (κ3) is 4.58. The van der Waals surface area contributed by atoms with Gasteiger partial charge in [-0.2, -0.15) is 9.61 Å². The predicted octanol–water partition coefficient (Wildman–Crippen LogP) is 4.94. The molecule has 0 saturated carbocycles. The van der Waals surface area contributed by atoms with E-state index in [2.05, 4.69) is 45.2 Å². The molecule has 0 aliphatic carbocycles. The van der Waals surface area contributed by atoms with Crippen LogP contribution in [0.1, 0.15) is 50.3 Å². The molecule has 8 nitrogen and oxygen atoms in total. The van der Waals surface area contributed by atoms with Gasteiger partial charge in [0.2, 0.25) is 0 Å². The Morgan fingerprint density at radius 3 is 2.69 bits per heavy atom. The number of aromatic nitrogens is 4. The lowest BCUT2D eigenvalue weighted by Gasteiger charge is -2.19. The zero-order chi connectivity index (χ0) is 25.4. The number of anilines is 1. The van der Waals surface area contributed by atoms with Crippen molar-refractivity contribution < 1.29 is 9.84 Å². The zero-order valence-corrected chi connectivity index (χ0v) is 22.3. The maximum absolute atomic E-state index is 9.65. The third-order valence-electron chi connectivity index (χ3n) is 7.04. The van der Waals surface area contributed by atoms with E-state index in [9.17, 15) is 5.11 Å². The summed E-state index contributed by atoms with van der Waals surface area (Å²) in [7, 11) is 1.59. The number of ether oxygens (including phenoxy) is 1. The highest BCUT2D eigenvalue weighted by Gasteiger charge is 2.26. The molecule has 5 rings (SSSR count). The molecule has 1 aliphatic rings.